The number of guanidine groups is 1. The van der Waals surface area contributed by atoms with Crippen LogP contribution < -0.4 is 24.8 Å². The zero-order valence-electron chi connectivity index (χ0n) is 17.0. The van der Waals surface area contributed by atoms with Crippen LogP contribution in [0.2, 0.25) is 0 Å². The lowest BCUT2D eigenvalue weighted by molar-refractivity contribution is 0.391. The Morgan fingerprint density at radius 2 is 1.64 bits per heavy atom. The van der Waals surface area contributed by atoms with E-state index in [1.54, 1.807) is 21.3 Å². The van der Waals surface area contributed by atoms with E-state index in [9.17, 15) is 0 Å². The van der Waals surface area contributed by atoms with Crippen molar-refractivity contribution in [3.8, 4) is 17.2 Å². The summed E-state index contributed by atoms with van der Waals surface area (Å²) in [7, 11) is 4.99. The molecule has 0 fully saturated rings. The quantitative estimate of drug-likeness (QED) is 0.314. The highest BCUT2D eigenvalue weighted by Crippen LogP contribution is 2.25. The van der Waals surface area contributed by atoms with Gasteiger partial charge in [-0.3, -0.25) is 0 Å². The molecule has 0 aromatic heterocycles. The van der Waals surface area contributed by atoms with Crippen LogP contribution in [0.3, 0.4) is 0 Å². The van der Waals surface area contributed by atoms with Crippen LogP contribution in [0.1, 0.15) is 18.1 Å². The lowest BCUT2D eigenvalue weighted by atomic mass is 10.1. The van der Waals surface area contributed by atoms with Crippen molar-refractivity contribution in [2.24, 2.45) is 4.99 Å². The van der Waals surface area contributed by atoms with Crippen LogP contribution in [-0.2, 0) is 13.0 Å². The maximum Gasteiger partial charge on any atom is 0.191 e. The number of hydrogen-bond donors (Lipinski definition) is 2. The average molecular weight is 499 g/mol. The third-order valence-corrected chi connectivity index (χ3v) is 4.13. The molecular formula is C21H30IN3O3. The third kappa shape index (κ3) is 7.10. The smallest absolute Gasteiger partial charge is 0.191 e. The maximum atomic E-state index is 5.44. The predicted octanol–water partition coefficient (Wildman–Crippen LogP) is 3.63. The molecule has 2 rings (SSSR count). The van der Waals surface area contributed by atoms with Gasteiger partial charge in [-0.25, -0.2) is 4.99 Å². The Morgan fingerprint density at radius 3 is 2.32 bits per heavy atom. The molecule has 0 saturated carbocycles. The maximum absolute atomic E-state index is 5.44. The monoisotopic (exact) mass is 499 g/mol. The number of para-hydroxylation sites is 1. The summed E-state index contributed by atoms with van der Waals surface area (Å²) in [6.45, 7) is 4.11. The van der Waals surface area contributed by atoms with E-state index in [1.807, 2.05) is 43.3 Å². The van der Waals surface area contributed by atoms with Gasteiger partial charge in [0.2, 0.25) is 0 Å². The number of methoxy groups -OCH3 is 3. The molecule has 0 aliphatic rings. The van der Waals surface area contributed by atoms with Crippen molar-refractivity contribution >= 4 is 29.9 Å². The minimum Gasteiger partial charge on any atom is -0.497 e. The van der Waals surface area contributed by atoms with Crippen molar-refractivity contribution in [3.63, 3.8) is 0 Å². The number of rotatable bonds is 9. The molecule has 0 radical (unpaired) electrons. The summed E-state index contributed by atoms with van der Waals surface area (Å²) >= 11 is 0. The molecule has 0 aliphatic heterocycles. The van der Waals surface area contributed by atoms with Gasteiger partial charge in [0.15, 0.2) is 5.96 Å². The van der Waals surface area contributed by atoms with Gasteiger partial charge in [0.1, 0.15) is 17.2 Å². The molecule has 0 aliphatic carbocycles. The molecule has 0 bridgehead atoms. The largest absolute Gasteiger partial charge is 0.497 e. The summed E-state index contributed by atoms with van der Waals surface area (Å²) in [4.78, 5) is 4.66. The molecule has 6 nitrogen and oxygen atoms in total. The van der Waals surface area contributed by atoms with Crippen LogP contribution in [0.25, 0.3) is 0 Å². The second kappa shape index (κ2) is 13.1. The minimum atomic E-state index is 0. The van der Waals surface area contributed by atoms with Crippen LogP contribution >= 0.6 is 24.0 Å². The van der Waals surface area contributed by atoms with Gasteiger partial charge in [0, 0.05) is 24.7 Å². The summed E-state index contributed by atoms with van der Waals surface area (Å²) in [5.74, 6) is 3.21. The molecule has 0 spiro atoms. The Morgan fingerprint density at radius 1 is 0.893 bits per heavy atom. The van der Waals surface area contributed by atoms with Crippen molar-refractivity contribution in [1.82, 2.24) is 10.6 Å². The van der Waals surface area contributed by atoms with Gasteiger partial charge in [-0.15, -0.1) is 24.0 Å². The van der Waals surface area contributed by atoms with E-state index in [4.69, 9.17) is 14.2 Å². The van der Waals surface area contributed by atoms with Crippen LogP contribution in [0.15, 0.2) is 47.5 Å². The van der Waals surface area contributed by atoms with Gasteiger partial charge < -0.3 is 24.8 Å². The normalized spacial score (nSPS) is 10.6. The molecule has 0 atom stereocenters. The van der Waals surface area contributed by atoms with Gasteiger partial charge in [-0.1, -0.05) is 18.2 Å². The molecule has 2 aromatic carbocycles. The lowest BCUT2D eigenvalue weighted by Gasteiger charge is -2.13. The SMILES string of the molecule is CCNC(=NCc1ccc(OC)cc1OC)NCCc1ccccc1OC.I. The average Bonchev–Trinajstić information content (AvgIpc) is 2.72. The number of benzene rings is 2. The first-order valence-corrected chi connectivity index (χ1v) is 9.06. The lowest BCUT2D eigenvalue weighted by Crippen LogP contribution is -2.38. The number of nitrogens with zero attached hydrogens (tertiary/aromatic N) is 1. The summed E-state index contributed by atoms with van der Waals surface area (Å²) in [5, 5.41) is 6.64. The van der Waals surface area contributed by atoms with Crippen molar-refractivity contribution in [2.75, 3.05) is 34.4 Å². The van der Waals surface area contributed by atoms with E-state index in [-0.39, 0.29) is 24.0 Å². The zero-order chi connectivity index (χ0) is 19.5. The van der Waals surface area contributed by atoms with E-state index in [2.05, 4.69) is 21.7 Å². The Kier molecular flexibility index (Phi) is 11.2. The van der Waals surface area contributed by atoms with E-state index in [0.29, 0.717) is 6.54 Å². The first kappa shape index (κ1) is 23.9. The summed E-state index contributed by atoms with van der Waals surface area (Å²) in [5.41, 5.74) is 2.17. The summed E-state index contributed by atoms with van der Waals surface area (Å²) in [6.07, 6.45) is 0.848. The number of aliphatic imine (C=N–C) groups is 1. The highest BCUT2D eigenvalue weighted by Gasteiger charge is 2.06. The van der Waals surface area contributed by atoms with Crippen LogP contribution in [0.5, 0.6) is 17.2 Å². The molecule has 0 heterocycles. The molecule has 2 aromatic rings. The molecular weight excluding hydrogens is 469 g/mol. The molecule has 0 amide bonds. The zero-order valence-corrected chi connectivity index (χ0v) is 19.3. The third-order valence-electron chi connectivity index (χ3n) is 4.13. The molecule has 2 N–H and O–H groups in total. The fraction of sp³-hybridized carbons (Fsp3) is 0.381. The Bertz CT molecular complexity index is 753. The number of halogens is 1. The van der Waals surface area contributed by atoms with Crippen LogP contribution in [0, 0.1) is 0 Å². The Balaban J connectivity index is 0.00000392. The van der Waals surface area contributed by atoms with E-state index in [1.165, 1.54) is 5.56 Å². The second-order valence-electron chi connectivity index (χ2n) is 5.86. The van der Waals surface area contributed by atoms with Crippen molar-refractivity contribution in [1.29, 1.82) is 0 Å². The van der Waals surface area contributed by atoms with E-state index in [0.717, 1.165) is 48.3 Å². The number of ether oxygens (including phenoxy) is 3. The molecule has 7 heteroatoms. The van der Waals surface area contributed by atoms with E-state index < -0.39 is 0 Å². The van der Waals surface area contributed by atoms with Gasteiger partial charge in [-0.05, 0) is 37.1 Å². The predicted molar refractivity (Wildman–Crippen MR) is 124 cm³/mol. The van der Waals surface area contributed by atoms with Crippen molar-refractivity contribution < 1.29 is 14.2 Å². The van der Waals surface area contributed by atoms with Crippen molar-refractivity contribution in [2.45, 2.75) is 19.9 Å². The fourth-order valence-corrected chi connectivity index (χ4v) is 2.71. The fourth-order valence-electron chi connectivity index (χ4n) is 2.71. The topological polar surface area (TPSA) is 64.1 Å². The van der Waals surface area contributed by atoms with Gasteiger partial charge >= 0.3 is 0 Å². The first-order valence-electron chi connectivity index (χ1n) is 9.06. The molecule has 154 valence electrons. The summed E-state index contributed by atoms with van der Waals surface area (Å²) in [6, 6.07) is 13.8. The van der Waals surface area contributed by atoms with E-state index >= 15 is 0 Å². The van der Waals surface area contributed by atoms with Gasteiger partial charge in [0.25, 0.3) is 0 Å². The minimum absolute atomic E-state index is 0. The molecule has 0 saturated heterocycles. The highest BCUT2D eigenvalue weighted by molar-refractivity contribution is 14.0. The number of nitrogens with one attached hydrogen (secondary N) is 2. The van der Waals surface area contributed by atoms with Crippen LogP contribution in [0.4, 0.5) is 0 Å². The molecule has 0 unspecified atom stereocenters. The van der Waals surface area contributed by atoms with Gasteiger partial charge in [0.05, 0.1) is 27.9 Å². The molecule has 28 heavy (non-hydrogen) atoms. The van der Waals surface area contributed by atoms with Crippen LogP contribution in [-0.4, -0.2) is 40.4 Å². The Labute approximate surface area is 184 Å². The summed E-state index contributed by atoms with van der Waals surface area (Å²) < 4.78 is 16.1. The van der Waals surface area contributed by atoms with Crippen molar-refractivity contribution in [3.05, 3.63) is 53.6 Å². The second-order valence-corrected chi connectivity index (χ2v) is 5.86. The highest BCUT2D eigenvalue weighted by atomic mass is 127. The standard InChI is InChI=1S/C21H29N3O3.HI/c1-5-22-21(23-13-12-16-8-6-7-9-19(16)26-3)24-15-17-10-11-18(25-2)14-20(17)27-4;/h6-11,14H,5,12-13,15H2,1-4H3,(H2,22,23,24);1H. The number of hydrogen-bond acceptors (Lipinski definition) is 4. The van der Waals surface area contributed by atoms with Gasteiger partial charge in [-0.2, -0.15) is 0 Å². The Hall–Kier alpha value is -2.16. The first-order chi connectivity index (χ1) is 13.2.